The number of sulfonamides is 1. The van der Waals surface area contributed by atoms with Crippen molar-refractivity contribution in [3.63, 3.8) is 0 Å². The molecule has 0 aromatic heterocycles. The quantitative estimate of drug-likeness (QED) is 0.836. The maximum absolute atomic E-state index is 13.7. The van der Waals surface area contributed by atoms with Gasteiger partial charge in [-0.2, -0.15) is 0 Å². The second-order valence-electron chi connectivity index (χ2n) is 4.12. The summed E-state index contributed by atoms with van der Waals surface area (Å²) in [6.07, 6.45) is 0. The zero-order valence-corrected chi connectivity index (χ0v) is 12.9. The van der Waals surface area contributed by atoms with Crippen molar-refractivity contribution in [3.8, 4) is 0 Å². The Morgan fingerprint density at radius 1 is 1.24 bits per heavy atom. The van der Waals surface area contributed by atoms with E-state index in [9.17, 15) is 12.8 Å². The van der Waals surface area contributed by atoms with E-state index >= 15 is 0 Å². The molecule has 0 aliphatic carbocycles. The van der Waals surface area contributed by atoms with Gasteiger partial charge in [0.15, 0.2) is 0 Å². The predicted molar refractivity (Wildman–Crippen MR) is 84.5 cm³/mol. The van der Waals surface area contributed by atoms with Gasteiger partial charge in [0.05, 0.1) is 10.6 Å². The lowest BCUT2D eigenvalue weighted by Gasteiger charge is -2.10. The Hall–Kier alpha value is -1.70. The predicted octanol–water partition coefficient (Wildman–Crippen LogP) is 2.91. The highest BCUT2D eigenvalue weighted by molar-refractivity contribution is 7.92. The van der Waals surface area contributed by atoms with Crippen LogP contribution in [0.25, 0.3) is 0 Å². The Labute approximate surface area is 131 Å². The number of thiocarbonyl (C=S) groups is 1. The zero-order chi connectivity index (χ0) is 15.6. The lowest BCUT2D eigenvalue weighted by Crippen LogP contribution is -2.16. The summed E-state index contributed by atoms with van der Waals surface area (Å²) in [7, 11) is -3.95. The van der Waals surface area contributed by atoms with Gasteiger partial charge in [-0.15, -0.1) is 0 Å². The molecule has 4 nitrogen and oxygen atoms in total. The molecule has 110 valence electrons. The van der Waals surface area contributed by atoms with Crippen molar-refractivity contribution in [2.45, 2.75) is 4.90 Å². The SMILES string of the molecule is NC(=S)c1cccc(S(=O)(=O)Nc2ccc(Cl)cc2F)c1. The Morgan fingerprint density at radius 2 is 1.95 bits per heavy atom. The standard InChI is InChI=1S/C13H10ClFN2O2S2/c14-9-4-5-12(11(15)7-9)17-21(18,19)10-3-1-2-8(6-10)13(16)20/h1-7,17H,(H2,16,20). The van der Waals surface area contributed by atoms with Gasteiger partial charge in [-0.1, -0.05) is 36.0 Å². The van der Waals surface area contributed by atoms with Crippen LogP contribution in [0.4, 0.5) is 10.1 Å². The zero-order valence-electron chi connectivity index (χ0n) is 10.5. The fourth-order valence-corrected chi connectivity index (χ4v) is 2.99. The first-order chi connectivity index (χ1) is 9.79. The average Bonchev–Trinajstić information content (AvgIpc) is 2.42. The summed E-state index contributed by atoms with van der Waals surface area (Å²) < 4.78 is 40.2. The van der Waals surface area contributed by atoms with Gasteiger partial charge in [0.2, 0.25) is 0 Å². The number of nitrogens with one attached hydrogen (secondary N) is 1. The highest BCUT2D eigenvalue weighted by Crippen LogP contribution is 2.22. The van der Waals surface area contributed by atoms with Crippen LogP contribution in [0.1, 0.15) is 5.56 Å². The van der Waals surface area contributed by atoms with E-state index in [-0.39, 0.29) is 20.6 Å². The lowest BCUT2D eigenvalue weighted by atomic mass is 10.2. The Morgan fingerprint density at radius 3 is 2.57 bits per heavy atom. The van der Waals surface area contributed by atoms with Crippen LogP contribution in [0.2, 0.25) is 5.02 Å². The highest BCUT2D eigenvalue weighted by Gasteiger charge is 2.17. The molecule has 21 heavy (non-hydrogen) atoms. The first kappa shape index (κ1) is 15.7. The second kappa shape index (κ2) is 5.97. The molecule has 0 spiro atoms. The minimum Gasteiger partial charge on any atom is -0.389 e. The second-order valence-corrected chi connectivity index (χ2v) is 6.68. The topological polar surface area (TPSA) is 72.2 Å². The van der Waals surface area contributed by atoms with Crippen LogP contribution >= 0.6 is 23.8 Å². The summed E-state index contributed by atoms with van der Waals surface area (Å²) in [5.74, 6) is -0.767. The Balaban J connectivity index is 2.38. The molecule has 0 radical (unpaired) electrons. The molecule has 0 saturated heterocycles. The van der Waals surface area contributed by atoms with E-state index in [0.717, 1.165) is 6.07 Å². The van der Waals surface area contributed by atoms with E-state index < -0.39 is 15.8 Å². The number of benzene rings is 2. The Bertz CT molecular complexity index is 810. The summed E-state index contributed by atoms with van der Waals surface area (Å²) in [4.78, 5) is 0.00636. The lowest BCUT2D eigenvalue weighted by molar-refractivity contribution is 0.598. The average molecular weight is 345 g/mol. The van der Waals surface area contributed by atoms with Gasteiger partial charge < -0.3 is 5.73 Å². The minimum absolute atomic E-state index is 0.0675. The van der Waals surface area contributed by atoms with E-state index in [4.69, 9.17) is 29.6 Å². The van der Waals surface area contributed by atoms with Gasteiger partial charge in [-0.05, 0) is 30.3 Å². The molecule has 0 heterocycles. The van der Waals surface area contributed by atoms with Crippen molar-refractivity contribution in [2.24, 2.45) is 5.73 Å². The van der Waals surface area contributed by atoms with Gasteiger partial charge in [0.1, 0.15) is 10.8 Å². The van der Waals surface area contributed by atoms with Crippen molar-refractivity contribution < 1.29 is 12.8 Å². The molecule has 0 aliphatic heterocycles. The van der Waals surface area contributed by atoms with Gasteiger partial charge >= 0.3 is 0 Å². The summed E-state index contributed by atoms with van der Waals surface area (Å²) >= 11 is 10.4. The van der Waals surface area contributed by atoms with E-state index in [1.54, 1.807) is 6.07 Å². The summed E-state index contributed by atoms with van der Waals surface area (Å²) in [5.41, 5.74) is 5.67. The Kier molecular flexibility index (Phi) is 4.46. The third-order valence-electron chi connectivity index (χ3n) is 2.60. The van der Waals surface area contributed by atoms with Crippen LogP contribution < -0.4 is 10.5 Å². The maximum atomic E-state index is 13.7. The molecule has 0 saturated carbocycles. The van der Waals surface area contributed by atoms with Crippen molar-refractivity contribution in [1.82, 2.24) is 0 Å². The van der Waals surface area contributed by atoms with Crippen LogP contribution in [0.5, 0.6) is 0 Å². The fraction of sp³-hybridized carbons (Fsp3) is 0. The third kappa shape index (κ3) is 3.69. The summed E-state index contributed by atoms with van der Waals surface area (Å²) in [6.45, 7) is 0. The molecule has 0 bridgehead atoms. The van der Waals surface area contributed by atoms with Gasteiger partial charge in [-0.3, -0.25) is 4.72 Å². The van der Waals surface area contributed by atoms with E-state index in [1.807, 2.05) is 0 Å². The number of nitrogens with two attached hydrogens (primary N) is 1. The smallest absolute Gasteiger partial charge is 0.262 e. The van der Waals surface area contributed by atoms with Crippen LogP contribution in [0.15, 0.2) is 47.4 Å². The molecular formula is C13H10ClFN2O2S2. The summed E-state index contributed by atoms with van der Waals surface area (Å²) in [6, 6.07) is 9.41. The molecule has 0 aliphatic rings. The van der Waals surface area contributed by atoms with Crippen LogP contribution in [-0.4, -0.2) is 13.4 Å². The number of hydrogen-bond donors (Lipinski definition) is 2. The number of anilines is 1. The van der Waals surface area contributed by atoms with E-state index in [1.165, 1.54) is 30.3 Å². The molecule has 8 heteroatoms. The normalized spacial score (nSPS) is 11.1. The first-order valence-electron chi connectivity index (χ1n) is 5.67. The van der Waals surface area contributed by atoms with Gasteiger partial charge in [0, 0.05) is 10.6 Å². The van der Waals surface area contributed by atoms with Crippen LogP contribution in [0, 0.1) is 5.82 Å². The summed E-state index contributed by atoms with van der Waals surface area (Å²) in [5, 5.41) is 0.172. The van der Waals surface area contributed by atoms with E-state index in [0.29, 0.717) is 5.56 Å². The molecule has 2 rings (SSSR count). The van der Waals surface area contributed by atoms with E-state index in [2.05, 4.69) is 4.72 Å². The number of rotatable bonds is 4. The highest BCUT2D eigenvalue weighted by atomic mass is 35.5. The molecule has 0 unspecified atom stereocenters. The third-order valence-corrected chi connectivity index (χ3v) is 4.44. The monoisotopic (exact) mass is 344 g/mol. The molecule has 0 fully saturated rings. The molecule has 2 aromatic rings. The van der Waals surface area contributed by atoms with Crippen LogP contribution in [-0.2, 0) is 10.0 Å². The minimum atomic E-state index is -3.95. The van der Waals surface area contributed by atoms with Crippen molar-refractivity contribution in [1.29, 1.82) is 0 Å². The number of halogens is 2. The molecule has 2 aromatic carbocycles. The van der Waals surface area contributed by atoms with Gasteiger partial charge in [-0.25, -0.2) is 12.8 Å². The molecular weight excluding hydrogens is 335 g/mol. The largest absolute Gasteiger partial charge is 0.389 e. The molecule has 0 amide bonds. The van der Waals surface area contributed by atoms with Gasteiger partial charge in [0.25, 0.3) is 10.0 Å². The van der Waals surface area contributed by atoms with Crippen molar-refractivity contribution in [3.05, 3.63) is 58.9 Å². The molecule has 0 atom stereocenters. The van der Waals surface area contributed by atoms with Crippen molar-refractivity contribution in [2.75, 3.05) is 4.72 Å². The fourth-order valence-electron chi connectivity index (χ4n) is 1.59. The molecule has 3 N–H and O–H groups in total. The van der Waals surface area contributed by atoms with Crippen molar-refractivity contribution >= 4 is 44.5 Å². The van der Waals surface area contributed by atoms with Crippen LogP contribution in [0.3, 0.4) is 0 Å². The number of hydrogen-bond acceptors (Lipinski definition) is 3. The first-order valence-corrected chi connectivity index (χ1v) is 7.94. The maximum Gasteiger partial charge on any atom is 0.262 e.